The molecule has 0 amide bonds. The minimum atomic E-state index is -2.43. The van der Waals surface area contributed by atoms with Crippen LogP contribution < -0.4 is 14.8 Å². The number of ether oxygens (including phenoxy) is 1. The molecule has 34 heavy (non-hydrogen) atoms. The van der Waals surface area contributed by atoms with Crippen molar-refractivity contribution in [1.29, 1.82) is 0 Å². The Labute approximate surface area is 198 Å². The first-order valence-electron chi connectivity index (χ1n) is 10.7. The average molecular weight is 483 g/mol. The summed E-state index contributed by atoms with van der Waals surface area (Å²) >= 11 is 0. The number of nitrogens with zero attached hydrogens (tertiary/aromatic N) is 4. The number of halogens is 1. The second kappa shape index (κ2) is 9.30. The zero-order valence-corrected chi connectivity index (χ0v) is 20.3. The second-order valence-electron chi connectivity index (χ2n) is 8.34. The van der Waals surface area contributed by atoms with Gasteiger partial charge >= 0.3 is 0 Å². The lowest BCUT2D eigenvalue weighted by Gasteiger charge is -2.20. The smallest absolute Gasteiger partial charge is 0.146 e. The maximum atomic E-state index is 14.1. The third-order valence-corrected chi connectivity index (χ3v) is 5.84. The highest BCUT2D eigenvalue weighted by molar-refractivity contribution is 8.00. The van der Waals surface area contributed by atoms with Crippen LogP contribution in [-0.2, 0) is 16.3 Å². The first kappa shape index (κ1) is 23.5. The summed E-state index contributed by atoms with van der Waals surface area (Å²) in [6, 6.07) is 7.99. The van der Waals surface area contributed by atoms with Gasteiger partial charge in [0.15, 0.2) is 0 Å². The van der Waals surface area contributed by atoms with Crippen LogP contribution in [0.2, 0.25) is 0 Å². The van der Waals surface area contributed by atoms with Crippen molar-refractivity contribution in [2.24, 2.45) is 0 Å². The lowest BCUT2D eigenvalue weighted by molar-refractivity contribution is 0.199. The van der Waals surface area contributed by atoms with E-state index < -0.39 is 15.5 Å². The Morgan fingerprint density at radius 3 is 2.71 bits per heavy atom. The summed E-state index contributed by atoms with van der Waals surface area (Å²) in [6.45, 7) is 6.32. The third kappa shape index (κ3) is 5.45. The Kier molecular flexibility index (Phi) is 6.43. The van der Waals surface area contributed by atoms with Gasteiger partial charge in [0, 0.05) is 45.5 Å². The normalized spacial score (nSPS) is 13.9. The fraction of sp³-hybridized carbons (Fsp3) is 0.250. The van der Waals surface area contributed by atoms with Gasteiger partial charge in [-0.25, -0.2) is 23.6 Å². The lowest BCUT2D eigenvalue weighted by Crippen LogP contribution is -2.20. The summed E-state index contributed by atoms with van der Waals surface area (Å²) in [6.07, 6.45) is 6.35. The molecule has 2 heterocycles. The predicted octanol–water partition coefficient (Wildman–Crippen LogP) is 4.47. The van der Waals surface area contributed by atoms with Crippen LogP contribution in [0.5, 0.6) is 5.75 Å². The third-order valence-electron chi connectivity index (χ3n) is 5.17. The largest absolute Gasteiger partial charge is 0.487 e. The molecule has 2 N–H and O–H groups in total. The van der Waals surface area contributed by atoms with E-state index in [0.29, 0.717) is 35.0 Å². The summed E-state index contributed by atoms with van der Waals surface area (Å²) < 4.78 is 37.1. The maximum absolute atomic E-state index is 14.1. The summed E-state index contributed by atoms with van der Waals surface area (Å²) in [5.41, 5.74) is 2.77. The van der Waals surface area contributed by atoms with Crippen LogP contribution in [0.4, 0.5) is 21.6 Å². The highest BCUT2D eigenvalue weighted by atomic mass is 32.2. The molecule has 2 unspecified atom stereocenters. The minimum Gasteiger partial charge on any atom is -0.487 e. The topological polar surface area (TPSA) is 94.0 Å². The van der Waals surface area contributed by atoms with Crippen molar-refractivity contribution in [1.82, 2.24) is 19.5 Å². The van der Waals surface area contributed by atoms with Crippen LogP contribution in [-0.4, -0.2) is 42.0 Å². The Bertz CT molecular complexity index is 1450. The van der Waals surface area contributed by atoms with E-state index in [9.17, 15) is 8.60 Å². The highest BCUT2D eigenvalue weighted by Gasteiger charge is 2.15. The zero-order chi connectivity index (χ0) is 24.5. The predicted molar refractivity (Wildman–Crippen MR) is 136 cm³/mol. The molecule has 2 aromatic heterocycles. The first-order valence-corrected chi connectivity index (χ1v) is 12.8. The van der Waals surface area contributed by atoms with E-state index in [4.69, 9.17) is 4.74 Å². The molecule has 4 aromatic rings. The summed E-state index contributed by atoms with van der Waals surface area (Å²) in [5, 5.41) is 4.06. The molecule has 0 radical (unpaired) electrons. The number of aryl methyl sites for hydroxylation is 2. The molecule has 0 aliphatic carbocycles. The van der Waals surface area contributed by atoms with Gasteiger partial charge in [-0.1, -0.05) is 0 Å². The lowest BCUT2D eigenvalue weighted by atomic mass is 10.1. The monoisotopic (exact) mass is 482 g/mol. The van der Waals surface area contributed by atoms with Gasteiger partial charge in [0.25, 0.3) is 0 Å². The van der Waals surface area contributed by atoms with E-state index in [0.717, 1.165) is 16.8 Å². The number of aromatic nitrogens is 4. The number of fused-ring (bicyclic) bond motifs is 1. The van der Waals surface area contributed by atoms with E-state index in [1.165, 1.54) is 24.7 Å². The van der Waals surface area contributed by atoms with Crippen molar-refractivity contribution >= 4 is 43.7 Å². The van der Waals surface area contributed by atoms with Crippen molar-refractivity contribution in [3.8, 4) is 5.75 Å². The second-order valence-corrected chi connectivity index (χ2v) is 10.6. The van der Waals surface area contributed by atoms with Gasteiger partial charge in [-0.3, -0.25) is 0 Å². The minimum absolute atomic E-state index is 0.237. The maximum Gasteiger partial charge on any atom is 0.146 e. The Balaban J connectivity index is 1.65. The van der Waals surface area contributed by atoms with Gasteiger partial charge in [-0.2, -0.15) is 0 Å². The Morgan fingerprint density at radius 2 is 2.00 bits per heavy atom. The van der Waals surface area contributed by atoms with Gasteiger partial charge in [0.1, 0.15) is 35.6 Å². The van der Waals surface area contributed by atoms with Crippen LogP contribution in [0.25, 0.3) is 10.9 Å². The highest BCUT2D eigenvalue weighted by Crippen LogP contribution is 2.33. The molecule has 0 aliphatic rings. The SMILES string of the molecule is C=S(C)(=O)Nc1cc(C)c2c(Nc3ccc(F)cc3OC(C)Cn3ccnc3C)ncnc2c1. The fourth-order valence-corrected chi connectivity index (χ4v) is 4.36. The van der Waals surface area contributed by atoms with Gasteiger partial charge < -0.3 is 19.3 Å². The molecule has 178 valence electrons. The molecule has 0 saturated carbocycles. The molecule has 0 saturated heterocycles. The number of imidazole rings is 1. The van der Waals surface area contributed by atoms with Crippen molar-refractivity contribution in [2.45, 2.75) is 33.4 Å². The number of anilines is 3. The summed E-state index contributed by atoms with van der Waals surface area (Å²) in [5.74, 6) is 5.04. The van der Waals surface area contributed by atoms with Crippen LogP contribution in [0.15, 0.2) is 49.1 Å². The van der Waals surface area contributed by atoms with Gasteiger partial charge in [0.2, 0.25) is 0 Å². The molecular formula is C24H27FN6O2S. The average Bonchev–Trinajstić information content (AvgIpc) is 3.13. The molecule has 2 aromatic carbocycles. The number of hydrogen-bond donors (Lipinski definition) is 2. The van der Waals surface area contributed by atoms with Crippen molar-refractivity contribution in [3.05, 3.63) is 66.3 Å². The van der Waals surface area contributed by atoms with Crippen molar-refractivity contribution < 1.29 is 13.3 Å². The molecule has 10 heteroatoms. The molecule has 0 aliphatic heterocycles. The van der Waals surface area contributed by atoms with Gasteiger partial charge in [-0.15, -0.1) is 0 Å². The number of rotatable bonds is 8. The van der Waals surface area contributed by atoms with E-state index in [-0.39, 0.29) is 6.10 Å². The van der Waals surface area contributed by atoms with Crippen molar-refractivity contribution in [2.75, 3.05) is 16.3 Å². The van der Waals surface area contributed by atoms with Gasteiger partial charge in [-0.05, 0) is 56.5 Å². The fourth-order valence-electron chi connectivity index (χ4n) is 3.75. The van der Waals surface area contributed by atoms with E-state index in [2.05, 4.69) is 30.9 Å². The molecule has 8 nitrogen and oxygen atoms in total. The van der Waals surface area contributed by atoms with Crippen LogP contribution >= 0.6 is 0 Å². The molecule has 2 atom stereocenters. The molecule has 0 bridgehead atoms. The van der Waals surface area contributed by atoms with E-state index in [1.807, 2.05) is 37.6 Å². The molecular weight excluding hydrogens is 455 g/mol. The number of hydrogen-bond acceptors (Lipinski definition) is 6. The van der Waals surface area contributed by atoms with Crippen LogP contribution in [0.3, 0.4) is 0 Å². The first-order chi connectivity index (χ1) is 16.1. The zero-order valence-electron chi connectivity index (χ0n) is 19.5. The quantitative estimate of drug-likeness (QED) is 0.360. The molecule has 0 spiro atoms. The van der Waals surface area contributed by atoms with E-state index >= 15 is 0 Å². The Hall–Kier alpha value is -3.66. The van der Waals surface area contributed by atoms with Gasteiger partial charge in [0.05, 0.1) is 17.7 Å². The molecule has 0 fully saturated rings. The van der Waals surface area contributed by atoms with Crippen molar-refractivity contribution in [3.63, 3.8) is 0 Å². The number of benzene rings is 2. The number of nitrogens with one attached hydrogen (secondary N) is 2. The van der Waals surface area contributed by atoms with Crippen LogP contribution in [0.1, 0.15) is 18.3 Å². The van der Waals surface area contributed by atoms with Crippen LogP contribution in [0, 0.1) is 19.7 Å². The summed E-state index contributed by atoms with van der Waals surface area (Å²) in [7, 11) is -2.43. The molecule has 4 rings (SSSR count). The van der Waals surface area contributed by atoms with E-state index in [1.54, 1.807) is 18.3 Å². The Morgan fingerprint density at radius 1 is 1.21 bits per heavy atom. The summed E-state index contributed by atoms with van der Waals surface area (Å²) in [4.78, 5) is 13.0. The standard InChI is InChI=1S/C24H27FN6O2S/c1-15-10-19(30-34(4,5)32)12-21-23(15)24(28-14-27-21)29-20-7-6-18(25)11-22(20)33-16(2)13-31-9-8-26-17(31)3/h6-12,14,16H,4,13H2,1-3,5H3,(H,30,32)(H,27,28,29).